The minimum atomic E-state index is -0.815. The molecule has 2 N–H and O–H groups in total. The van der Waals surface area contributed by atoms with E-state index >= 15 is 0 Å². The second-order valence-electron chi connectivity index (χ2n) is 8.08. The molecule has 1 aliphatic rings. The number of nitro benzene ring substituents is 1. The fraction of sp³-hybridized carbons (Fsp3) is 0.111. The Morgan fingerprint density at radius 1 is 1.05 bits per heavy atom. The molecule has 2 amide bonds. The second kappa shape index (κ2) is 12.2. The number of hydrogen-bond donors (Lipinski definition) is 2. The van der Waals surface area contributed by atoms with Crippen molar-refractivity contribution >= 4 is 35.8 Å². The van der Waals surface area contributed by atoms with Gasteiger partial charge in [-0.3, -0.25) is 24.5 Å². The molecule has 0 aromatic heterocycles. The van der Waals surface area contributed by atoms with Gasteiger partial charge in [0.05, 0.1) is 23.8 Å². The second-order valence-corrected chi connectivity index (χ2v) is 8.08. The third kappa shape index (κ3) is 6.39. The molecule has 3 aromatic rings. The van der Waals surface area contributed by atoms with Gasteiger partial charge >= 0.3 is 11.7 Å². The maximum atomic E-state index is 13.1. The van der Waals surface area contributed by atoms with Crippen LogP contribution >= 0.6 is 0 Å². The first-order valence-electron chi connectivity index (χ1n) is 11.6. The van der Waals surface area contributed by atoms with Gasteiger partial charge in [-0.15, -0.1) is 0 Å². The molecule has 40 heavy (non-hydrogen) atoms. The van der Waals surface area contributed by atoms with Crippen LogP contribution in [0.4, 0.5) is 5.69 Å². The number of nitrogens with one attached hydrogen (secondary N) is 2. The lowest BCUT2D eigenvalue weighted by Crippen LogP contribution is -2.32. The predicted octanol–water partition coefficient (Wildman–Crippen LogP) is 3.18. The van der Waals surface area contributed by atoms with Crippen LogP contribution in [0.1, 0.15) is 28.4 Å². The first-order valence-corrected chi connectivity index (χ1v) is 11.6. The van der Waals surface area contributed by atoms with Crippen molar-refractivity contribution in [3.8, 4) is 23.0 Å². The number of carbonyl (C=O) groups is 3. The number of nitrogens with zero attached hydrogens (tertiary/aromatic N) is 2. The summed E-state index contributed by atoms with van der Waals surface area (Å²) in [6.07, 6.45) is 2.43. The molecule has 0 aliphatic carbocycles. The molecule has 13 nitrogen and oxygen atoms in total. The number of ether oxygens (including phenoxy) is 4. The average Bonchev–Trinajstić information content (AvgIpc) is 3.41. The van der Waals surface area contributed by atoms with E-state index in [-0.39, 0.29) is 29.6 Å². The van der Waals surface area contributed by atoms with Crippen molar-refractivity contribution in [1.29, 1.82) is 0 Å². The number of hydrazone groups is 1. The molecule has 4 rings (SSSR count). The molecule has 0 unspecified atom stereocenters. The Hall–Kier alpha value is -5.72. The van der Waals surface area contributed by atoms with Crippen LogP contribution in [0.2, 0.25) is 0 Å². The average molecular weight is 546 g/mol. The van der Waals surface area contributed by atoms with Crippen molar-refractivity contribution in [3.05, 3.63) is 93.2 Å². The van der Waals surface area contributed by atoms with Crippen LogP contribution in [-0.4, -0.2) is 42.8 Å². The predicted molar refractivity (Wildman–Crippen MR) is 141 cm³/mol. The van der Waals surface area contributed by atoms with Crippen molar-refractivity contribution in [2.75, 3.05) is 13.9 Å². The van der Waals surface area contributed by atoms with Gasteiger partial charge in [-0.2, -0.15) is 5.10 Å². The highest BCUT2D eigenvalue weighted by atomic mass is 16.7. The van der Waals surface area contributed by atoms with Crippen molar-refractivity contribution < 1.29 is 38.3 Å². The van der Waals surface area contributed by atoms with Crippen LogP contribution in [0.5, 0.6) is 23.0 Å². The molecule has 1 heterocycles. The van der Waals surface area contributed by atoms with Crippen LogP contribution in [0.3, 0.4) is 0 Å². The first-order chi connectivity index (χ1) is 19.3. The molecule has 0 saturated heterocycles. The molecule has 0 spiro atoms. The zero-order valence-electron chi connectivity index (χ0n) is 21.2. The van der Waals surface area contributed by atoms with Crippen molar-refractivity contribution in [3.63, 3.8) is 0 Å². The van der Waals surface area contributed by atoms with E-state index in [0.29, 0.717) is 22.6 Å². The van der Waals surface area contributed by atoms with Gasteiger partial charge in [0.2, 0.25) is 12.5 Å². The standard InChI is InChI=1S/C27H22N4O9/c1-16(32)40-22-11-9-19(24(31(35)36)25(22)37-2)14-28-30-27(34)20(29-26(33)18-6-4-3-5-7-18)12-17-8-10-21-23(13-17)39-15-38-21/h3-14H,15H2,1-2H3,(H,29,33)(H,30,34)/b20-12+,28-14+. The lowest BCUT2D eigenvalue weighted by molar-refractivity contribution is -0.385. The van der Waals surface area contributed by atoms with E-state index in [9.17, 15) is 24.5 Å². The summed E-state index contributed by atoms with van der Waals surface area (Å²) in [6.45, 7) is 1.20. The third-order valence-corrected chi connectivity index (χ3v) is 5.37. The molecule has 13 heteroatoms. The number of esters is 1. The number of methoxy groups -OCH3 is 1. The molecule has 0 bridgehead atoms. The van der Waals surface area contributed by atoms with E-state index in [1.165, 1.54) is 25.3 Å². The monoisotopic (exact) mass is 546 g/mol. The van der Waals surface area contributed by atoms with Crippen molar-refractivity contribution in [1.82, 2.24) is 10.7 Å². The number of amides is 2. The zero-order valence-corrected chi connectivity index (χ0v) is 21.2. The van der Waals surface area contributed by atoms with E-state index in [1.54, 1.807) is 48.5 Å². The van der Waals surface area contributed by atoms with Crippen LogP contribution in [0.15, 0.2) is 71.5 Å². The maximum absolute atomic E-state index is 13.1. The van der Waals surface area contributed by atoms with Gasteiger partial charge in [0.25, 0.3) is 11.8 Å². The number of benzene rings is 3. The third-order valence-electron chi connectivity index (χ3n) is 5.37. The van der Waals surface area contributed by atoms with Gasteiger partial charge in [-0.05, 0) is 48.0 Å². The van der Waals surface area contributed by atoms with E-state index < -0.39 is 28.4 Å². The fourth-order valence-electron chi connectivity index (χ4n) is 3.63. The molecule has 0 saturated carbocycles. The van der Waals surface area contributed by atoms with Crippen LogP contribution in [-0.2, 0) is 9.59 Å². The van der Waals surface area contributed by atoms with E-state index in [2.05, 4.69) is 15.8 Å². The summed E-state index contributed by atoms with van der Waals surface area (Å²) in [5, 5.41) is 18.1. The van der Waals surface area contributed by atoms with Gasteiger partial charge in [-0.25, -0.2) is 5.43 Å². The largest absolute Gasteiger partial charge is 0.488 e. The molecule has 204 valence electrons. The summed E-state index contributed by atoms with van der Waals surface area (Å²) in [7, 11) is 1.18. The molecular formula is C27H22N4O9. The Morgan fingerprint density at radius 2 is 1.80 bits per heavy atom. The quantitative estimate of drug-likeness (QED) is 0.102. The number of nitro groups is 1. The summed E-state index contributed by atoms with van der Waals surface area (Å²) in [5.74, 6) is -1.50. The lowest BCUT2D eigenvalue weighted by Gasteiger charge is -2.10. The SMILES string of the molecule is COc1c(OC(C)=O)ccc(/C=N/NC(=O)/C(=C\c2ccc3c(c2)OCO3)NC(=O)c2ccccc2)c1[N+](=O)[O-]. The molecular weight excluding hydrogens is 524 g/mol. The van der Waals surface area contributed by atoms with Gasteiger partial charge in [-0.1, -0.05) is 24.3 Å². The fourth-order valence-corrected chi connectivity index (χ4v) is 3.63. The van der Waals surface area contributed by atoms with E-state index in [4.69, 9.17) is 18.9 Å². The first kappa shape index (κ1) is 27.3. The van der Waals surface area contributed by atoms with Gasteiger partial charge in [0.15, 0.2) is 17.2 Å². The Balaban J connectivity index is 1.61. The highest BCUT2D eigenvalue weighted by Gasteiger charge is 2.25. The normalized spacial score (nSPS) is 12.1. The smallest absolute Gasteiger partial charge is 0.323 e. The summed E-state index contributed by atoms with van der Waals surface area (Å²) < 4.78 is 20.7. The van der Waals surface area contributed by atoms with Crippen LogP contribution in [0, 0.1) is 10.1 Å². The number of fused-ring (bicyclic) bond motifs is 1. The lowest BCUT2D eigenvalue weighted by atomic mass is 10.1. The Bertz CT molecular complexity index is 1530. The highest BCUT2D eigenvalue weighted by Crippen LogP contribution is 2.39. The molecule has 3 aromatic carbocycles. The van der Waals surface area contributed by atoms with Crippen LogP contribution in [0.25, 0.3) is 6.08 Å². The van der Waals surface area contributed by atoms with Gasteiger partial charge in [0.1, 0.15) is 5.70 Å². The molecule has 0 atom stereocenters. The van der Waals surface area contributed by atoms with Crippen molar-refractivity contribution in [2.24, 2.45) is 5.10 Å². The van der Waals surface area contributed by atoms with Crippen molar-refractivity contribution in [2.45, 2.75) is 6.92 Å². The van der Waals surface area contributed by atoms with Gasteiger partial charge < -0.3 is 24.3 Å². The zero-order chi connectivity index (χ0) is 28.6. The minimum Gasteiger partial charge on any atom is -0.488 e. The number of rotatable bonds is 9. The van der Waals surface area contributed by atoms with E-state index in [1.807, 2.05) is 0 Å². The Labute approximate surface area is 227 Å². The summed E-state index contributed by atoms with van der Waals surface area (Å²) in [4.78, 5) is 48.2. The topological polar surface area (TPSA) is 168 Å². The molecule has 0 radical (unpaired) electrons. The Morgan fingerprint density at radius 3 is 2.50 bits per heavy atom. The van der Waals surface area contributed by atoms with E-state index in [0.717, 1.165) is 13.1 Å². The molecule has 0 fully saturated rings. The molecule has 1 aliphatic heterocycles. The number of hydrogen-bond acceptors (Lipinski definition) is 10. The number of carbonyl (C=O) groups excluding carboxylic acids is 3. The summed E-state index contributed by atoms with van der Waals surface area (Å²) in [6, 6.07) is 15.8. The minimum absolute atomic E-state index is 0.0485. The maximum Gasteiger partial charge on any atom is 0.323 e. The van der Waals surface area contributed by atoms with Gasteiger partial charge in [0, 0.05) is 12.5 Å². The highest BCUT2D eigenvalue weighted by molar-refractivity contribution is 6.05. The van der Waals surface area contributed by atoms with Crippen LogP contribution < -0.4 is 29.7 Å². The summed E-state index contributed by atoms with van der Waals surface area (Å²) in [5.41, 5.74) is 2.34. The summed E-state index contributed by atoms with van der Waals surface area (Å²) >= 11 is 0. The Kier molecular flexibility index (Phi) is 8.34.